The summed E-state index contributed by atoms with van der Waals surface area (Å²) in [6.45, 7) is -0.680. The Bertz CT molecular complexity index is 1320. The first-order chi connectivity index (χ1) is 14.8. The fourth-order valence-corrected chi connectivity index (χ4v) is 3.42. The zero-order valence-electron chi connectivity index (χ0n) is 15.6. The highest BCUT2D eigenvalue weighted by Crippen LogP contribution is 2.30. The van der Waals surface area contributed by atoms with E-state index in [0.29, 0.717) is 16.2 Å². The fraction of sp³-hybridized carbons (Fsp3) is 0.0952. The molecule has 0 saturated heterocycles. The second-order valence-corrected chi connectivity index (χ2v) is 6.94. The van der Waals surface area contributed by atoms with Crippen molar-refractivity contribution in [3.63, 3.8) is 0 Å². The number of rotatable bonds is 4. The number of hydrogen-bond donors (Lipinski definition) is 1. The third-order valence-corrected chi connectivity index (χ3v) is 4.80. The van der Waals surface area contributed by atoms with Crippen molar-refractivity contribution in [1.82, 2.24) is 14.9 Å². The highest BCUT2D eigenvalue weighted by Gasteiger charge is 2.38. The predicted octanol–water partition coefficient (Wildman–Crippen LogP) is 4.48. The highest BCUT2D eigenvalue weighted by molar-refractivity contribution is 6.31. The molecule has 0 atom stereocenters. The molecule has 31 heavy (non-hydrogen) atoms. The van der Waals surface area contributed by atoms with Crippen molar-refractivity contribution in [3.8, 4) is 17.3 Å². The van der Waals surface area contributed by atoms with Crippen molar-refractivity contribution in [2.24, 2.45) is 0 Å². The number of oxazole rings is 1. The van der Waals surface area contributed by atoms with Crippen molar-refractivity contribution in [3.05, 3.63) is 81.8 Å². The fourth-order valence-electron chi connectivity index (χ4n) is 3.25. The van der Waals surface area contributed by atoms with E-state index in [1.165, 1.54) is 24.6 Å². The number of carbonyl (C=O) groups is 1. The summed E-state index contributed by atoms with van der Waals surface area (Å²) in [6.07, 6.45) is -2.48. The molecule has 0 saturated carbocycles. The number of carbonyl (C=O) groups excluding carboxylic acids is 1. The molecule has 6 nitrogen and oxygen atoms in total. The average molecular weight is 448 g/mol. The number of benzene rings is 2. The number of pyridine rings is 1. The van der Waals surface area contributed by atoms with E-state index < -0.39 is 24.1 Å². The van der Waals surface area contributed by atoms with Crippen LogP contribution in [0.4, 0.5) is 13.2 Å². The van der Waals surface area contributed by atoms with Crippen molar-refractivity contribution >= 4 is 28.4 Å². The number of hydrogen-bond acceptors (Lipinski definition) is 4. The largest absolute Gasteiger partial charge is 0.471 e. The van der Waals surface area contributed by atoms with Gasteiger partial charge in [-0.25, -0.2) is 4.98 Å². The first-order valence-corrected chi connectivity index (χ1v) is 9.32. The van der Waals surface area contributed by atoms with Crippen LogP contribution in [0.5, 0.6) is 0 Å². The molecular weight excluding hydrogens is 435 g/mol. The lowest BCUT2D eigenvalue weighted by atomic mass is 10.1. The number of aromatic nitrogens is 2. The van der Waals surface area contributed by atoms with E-state index >= 15 is 0 Å². The number of para-hydroxylation sites is 1. The van der Waals surface area contributed by atoms with Gasteiger partial charge < -0.3 is 14.3 Å². The number of amides is 1. The third kappa shape index (κ3) is 3.91. The van der Waals surface area contributed by atoms with Crippen LogP contribution in [0.3, 0.4) is 0 Å². The van der Waals surface area contributed by atoms with Gasteiger partial charge in [-0.2, -0.15) is 13.2 Å². The van der Waals surface area contributed by atoms with Gasteiger partial charge in [-0.1, -0.05) is 29.8 Å². The van der Waals surface area contributed by atoms with Crippen molar-refractivity contribution in [2.75, 3.05) is 0 Å². The summed E-state index contributed by atoms with van der Waals surface area (Å²) in [6, 6.07) is 13.3. The first kappa shape index (κ1) is 20.7. The quantitative estimate of drug-likeness (QED) is 0.500. The van der Waals surface area contributed by atoms with Crippen molar-refractivity contribution in [2.45, 2.75) is 12.7 Å². The summed E-state index contributed by atoms with van der Waals surface area (Å²) < 4.78 is 45.2. The number of nitrogens with one attached hydrogen (secondary N) is 1. The van der Waals surface area contributed by atoms with E-state index in [1.807, 2.05) is 0 Å². The van der Waals surface area contributed by atoms with Gasteiger partial charge in [0.2, 0.25) is 5.89 Å². The molecule has 1 N–H and O–H groups in total. The van der Waals surface area contributed by atoms with E-state index in [4.69, 9.17) is 16.0 Å². The maximum atomic E-state index is 13.2. The normalized spacial score (nSPS) is 11.6. The number of halogens is 4. The monoisotopic (exact) mass is 447 g/mol. The van der Waals surface area contributed by atoms with Gasteiger partial charge in [0.1, 0.15) is 12.0 Å². The lowest BCUT2D eigenvalue weighted by Gasteiger charge is -2.19. The second kappa shape index (κ2) is 7.92. The molecule has 10 heteroatoms. The van der Waals surface area contributed by atoms with Gasteiger partial charge >= 0.3 is 12.1 Å². The Hall–Kier alpha value is -3.59. The van der Waals surface area contributed by atoms with E-state index in [1.54, 1.807) is 46.3 Å². The summed E-state index contributed by atoms with van der Waals surface area (Å²) in [7, 11) is 0. The highest BCUT2D eigenvalue weighted by atomic mass is 35.5. The Balaban J connectivity index is 2.06. The maximum Gasteiger partial charge on any atom is 0.471 e. The summed E-state index contributed by atoms with van der Waals surface area (Å²) in [5, 5.41) is 2.33. The predicted molar refractivity (Wildman–Crippen MR) is 108 cm³/mol. The van der Waals surface area contributed by atoms with Crippen LogP contribution in [0.2, 0.25) is 5.02 Å². The minimum atomic E-state index is -5.09. The van der Waals surface area contributed by atoms with Crippen LogP contribution in [-0.2, 0) is 11.3 Å². The van der Waals surface area contributed by atoms with Gasteiger partial charge in [-0.15, -0.1) is 0 Å². The minimum absolute atomic E-state index is 0.000846. The summed E-state index contributed by atoms with van der Waals surface area (Å²) in [4.78, 5) is 28.7. The topological polar surface area (TPSA) is 77.1 Å². The Labute approximate surface area is 177 Å². The van der Waals surface area contributed by atoms with Crippen LogP contribution >= 0.6 is 11.6 Å². The van der Waals surface area contributed by atoms with E-state index in [9.17, 15) is 22.8 Å². The first-order valence-electron chi connectivity index (χ1n) is 8.95. The molecule has 4 aromatic rings. The lowest BCUT2D eigenvalue weighted by molar-refractivity contribution is -0.173. The smallest absolute Gasteiger partial charge is 0.443 e. The van der Waals surface area contributed by atoms with Crippen LogP contribution in [-0.4, -0.2) is 21.6 Å². The van der Waals surface area contributed by atoms with Crippen LogP contribution in [0.25, 0.3) is 28.2 Å². The number of fused-ring (bicyclic) bond motifs is 1. The van der Waals surface area contributed by atoms with Crippen molar-refractivity contribution < 1.29 is 22.4 Å². The van der Waals surface area contributed by atoms with Crippen LogP contribution in [0.15, 0.2) is 70.2 Å². The lowest BCUT2D eigenvalue weighted by Crippen LogP contribution is -2.37. The molecular formula is C21H13ClF3N3O3. The molecule has 2 aromatic carbocycles. The van der Waals surface area contributed by atoms with Gasteiger partial charge in [0.25, 0.3) is 0 Å². The Kier molecular flexibility index (Phi) is 5.28. The molecule has 0 unspecified atom stereocenters. The summed E-state index contributed by atoms with van der Waals surface area (Å²) in [5.74, 6) is -2.16. The Morgan fingerprint density at radius 3 is 2.55 bits per heavy atom. The molecule has 158 valence electrons. The molecule has 0 aliphatic heterocycles. The van der Waals surface area contributed by atoms with Crippen LogP contribution < -0.4 is 10.7 Å². The molecule has 0 aliphatic rings. The van der Waals surface area contributed by atoms with E-state index in [0.717, 1.165) is 0 Å². The molecule has 4 rings (SSSR count). The van der Waals surface area contributed by atoms with E-state index in [-0.39, 0.29) is 22.5 Å². The van der Waals surface area contributed by atoms with Gasteiger partial charge in [0.15, 0.2) is 5.43 Å². The van der Waals surface area contributed by atoms with Gasteiger partial charge in [-0.3, -0.25) is 9.59 Å². The third-order valence-electron chi connectivity index (χ3n) is 4.56. The molecule has 2 aromatic heterocycles. The standard InChI is InChI=1S/C21H13ClF3N3O3/c22-12-6-7-14-16(10-12)28(13-4-2-1-3-5-13)17(19-26-8-9-31-19)15(18(14)29)11-27-20(30)21(23,24)25/h1-10H,11H2,(H,27,30). The van der Waals surface area contributed by atoms with Crippen LogP contribution in [0.1, 0.15) is 5.56 Å². The summed E-state index contributed by atoms with van der Waals surface area (Å²) in [5.41, 5.74) is 0.417. The molecule has 0 fully saturated rings. The molecule has 0 bridgehead atoms. The SMILES string of the molecule is O=C(NCc1c(-c2ncco2)n(-c2ccccc2)c2cc(Cl)ccc2c1=O)C(F)(F)F. The van der Waals surface area contributed by atoms with Crippen LogP contribution in [0, 0.1) is 0 Å². The minimum Gasteiger partial charge on any atom is -0.443 e. The molecule has 0 radical (unpaired) electrons. The molecule has 0 aliphatic carbocycles. The maximum absolute atomic E-state index is 13.2. The van der Waals surface area contributed by atoms with Gasteiger partial charge in [0, 0.05) is 28.2 Å². The Morgan fingerprint density at radius 2 is 1.90 bits per heavy atom. The second-order valence-electron chi connectivity index (χ2n) is 6.51. The Morgan fingerprint density at radius 1 is 1.16 bits per heavy atom. The summed E-state index contributed by atoms with van der Waals surface area (Å²) >= 11 is 6.16. The molecule has 2 heterocycles. The molecule has 1 amide bonds. The van der Waals surface area contributed by atoms with Gasteiger partial charge in [-0.05, 0) is 30.3 Å². The van der Waals surface area contributed by atoms with Crippen molar-refractivity contribution in [1.29, 1.82) is 0 Å². The van der Waals surface area contributed by atoms with Gasteiger partial charge in [0.05, 0.1) is 11.7 Å². The zero-order valence-corrected chi connectivity index (χ0v) is 16.4. The number of nitrogens with zero attached hydrogens (tertiary/aromatic N) is 2. The van der Waals surface area contributed by atoms with E-state index in [2.05, 4.69) is 4.98 Å². The number of alkyl halides is 3. The molecule has 0 spiro atoms. The average Bonchev–Trinajstić information content (AvgIpc) is 3.27. The zero-order chi connectivity index (χ0) is 22.2.